The molecule has 0 bridgehead atoms. The summed E-state index contributed by atoms with van der Waals surface area (Å²) in [6.07, 6.45) is 8.34. The molecule has 2 aromatic carbocycles. The number of aromatic nitrogens is 3. The van der Waals surface area contributed by atoms with Crippen molar-refractivity contribution in [1.29, 1.82) is 0 Å². The summed E-state index contributed by atoms with van der Waals surface area (Å²) in [5.41, 5.74) is 5.13. The lowest BCUT2D eigenvalue weighted by Gasteiger charge is -2.07. The van der Waals surface area contributed by atoms with E-state index in [0.717, 1.165) is 13.1 Å². The number of benzene rings is 2. The van der Waals surface area contributed by atoms with E-state index >= 15 is 0 Å². The normalized spacial score (nSPS) is 11.2. The summed E-state index contributed by atoms with van der Waals surface area (Å²) >= 11 is 0. The summed E-state index contributed by atoms with van der Waals surface area (Å²) in [7, 11) is 0. The summed E-state index contributed by atoms with van der Waals surface area (Å²) in [5.74, 6) is 0. The highest BCUT2D eigenvalue weighted by Gasteiger charge is 2.10. The molecule has 0 N–H and O–H groups in total. The van der Waals surface area contributed by atoms with E-state index in [1.807, 2.05) is 12.5 Å². The molecule has 0 amide bonds. The fraction of sp³-hybridized carbons (Fsp3) is 0.190. The van der Waals surface area contributed by atoms with Crippen LogP contribution in [0.25, 0.3) is 21.9 Å². The van der Waals surface area contributed by atoms with E-state index in [4.69, 9.17) is 0 Å². The third kappa shape index (κ3) is 2.52. The van der Waals surface area contributed by atoms with Crippen LogP contribution in [-0.4, -0.2) is 14.1 Å². The Balaban J connectivity index is 1.76. The molecular formula is C21H21N3. The van der Waals surface area contributed by atoms with E-state index in [-0.39, 0.29) is 0 Å². The van der Waals surface area contributed by atoms with Crippen LogP contribution in [0.3, 0.4) is 0 Å². The van der Waals surface area contributed by atoms with Gasteiger partial charge < -0.3 is 9.13 Å². The Hall–Kier alpha value is -2.81. The van der Waals surface area contributed by atoms with Crippen LogP contribution in [-0.2, 0) is 13.1 Å². The molecule has 2 heterocycles. The van der Waals surface area contributed by atoms with Crippen molar-refractivity contribution in [2.75, 3.05) is 0 Å². The minimum atomic E-state index is 0.847. The molecule has 3 nitrogen and oxygen atoms in total. The third-order valence-electron chi connectivity index (χ3n) is 4.64. The molecule has 120 valence electrons. The third-order valence-corrected chi connectivity index (χ3v) is 4.64. The largest absolute Gasteiger partial charge is 0.347 e. The Kier molecular flexibility index (Phi) is 3.69. The van der Waals surface area contributed by atoms with Gasteiger partial charge in [-0.05, 0) is 35.7 Å². The Morgan fingerprint density at radius 3 is 2.67 bits per heavy atom. The first-order valence-electron chi connectivity index (χ1n) is 8.40. The molecule has 0 aliphatic heterocycles. The van der Waals surface area contributed by atoms with Gasteiger partial charge in [0.15, 0.2) is 0 Å². The van der Waals surface area contributed by atoms with Gasteiger partial charge in [0, 0.05) is 30.7 Å². The van der Waals surface area contributed by atoms with Crippen LogP contribution in [0.1, 0.15) is 18.2 Å². The van der Waals surface area contributed by atoms with Gasteiger partial charge >= 0.3 is 0 Å². The van der Waals surface area contributed by atoms with Crippen LogP contribution < -0.4 is 0 Å². The van der Waals surface area contributed by atoms with Gasteiger partial charge in [0.05, 0.1) is 18.6 Å². The zero-order valence-electron chi connectivity index (χ0n) is 14.1. The van der Waals surface area contributed by atoms with Crippen molar-refractivity contribution in [2.45, 2.75) is 26.9 Å². The Labute approximate surface area is 142 Å². The maximum absolute atomic E-state index is 4.27. The van der Waals surface area contributed by atoms with E-state index < -0.39 is 0 Å². The van der Waals surface area contributed by atoms with E-state index in [0.29, 0.717) is 0 Å². The predicted molar refractivity (Wildman–Crippen MR) is 99.1 cm³/mol. The minimum Gasteiger partial charge on any atom is -0.347 e. The van der Waals surface area contributed by atoms with Crippen LogP contribution in [0.5, 0.6) is 0 Å². The monoisotopic (exact) mass is 315 g/mol. The molecule has 0 saturated heterocycles. The maximum Gasteiger partial charge on any atom is 0.0948 e. The first-order chi connectivity index (χ1) is 11.8. The molecule has 0 aliphatic carbocycles. The minimum absolute atomic E-state index is 0.847. The highest BCUT2D eigenvalue weighted by molar-refractivity contribution is 5.97. The lowest BCUT2D eigenvalue weighted by molar-refractivity contribution is 0.670. The van der Waals surface area contributed by atoms with Crippen LogP contribution >= 0.6 is 0 Å². The molecule has 0 radical (unpaired) electrons. The number of hydrogen-bond acceptors (Lipinski definition) is 1. The zero-order chi connectivity index (χ0) is 16.5. The molecular weight excluding hydrogens is 294 g/mol. The summed E-state index contributed by atoms with van der Waals surface area (Å²) in [6.45, 7) is 6.13. The highest BCUT2D eigenvalue weighted by atomic mass is 15.1. The average Bonchev–Trinajstić information content (AvgIpc) is 3.20. The van der Waals surface area contributed by atoms with E-state index in [1.54, 1.807) is 0 Å². The molecule has 4 rings (SSSR count). The lowest BCUT2D eigenvalue weighted by Crippen LogP contribution is -2.04. The molecule has 2 aromatic heterocycles. The van der Waals surface area contributed by atoms with Gasteiger partial charge in [-0.1, -0.05) is 42.5 Å². The first kappa shape index (κ1) is 14.8. The molecule has 24 heavy (non-hydrogen) atoms. The average molecular weight is 315 g/mol. The number of hydrogen-bond donors (Lipinski definition) is 0. The van der Waals surface area contributed by atoms with E-state index in [2.05, 4.69) is 82.8 Å². The van der Waals surface area contributed by atoms with Crippen LogP contribution in [0.15, 0.2) is 67.4 Å². The van der Waals surface area contributed by atoms with Gasteiger partial charge in [-0.25, -0.2) is 4.98 Å². The topological polar surface area (TPSA) is 22.8 Å². The summed E-state index contributed by atoms with van der Waals surface area (Å²) in [4.78, 5) is 4.27. The van der Waals surface area contributed by atoms with Crippen molar-refractivity contribution < 1.29 is 0 Å². The van der Waals surface area contributed by atoms with Gasteiger partial charge in [0.2, 0.25) is 0 Å². The standard InChI is InChI=1S/C21H21N3/c1-3-24-15-22-11-18(24)13-23-12-16(2)21(14-23)20-10-6-8-17-7-4-5-9-19(17)20/h4-12,14-15H,3,13H2,1-2H3. The highest BCUT2D eigenvalue weighted by Crippen LogP contribution is 2.31. The van der Waals surface area contributed by atoms with Crippen molar-refractivity contribution >= 4 is 10.8 Å². The smallest absolute Gasteiger partial charge is 0.0948 e. The quantitative estimate of drug-likeness (QED) is 0.526. The van der Waals surface area contributed by atoms with Crippen molar-refractivity contribution in [2.24, 2.45) is 0 Å². The van der Waals surface area contributed by atoms with Gasteiger partial charge in [0.1, 0.15) is 0 Å². The number of aryl methyl sites for hydroxylation is 2. The molecule has 4 aromatic rings. The second kappa shape index (κ2) is 6.00. The Bertz CT molecular complexity index is 986. The summed E-state index contributed by atoms with van der Waals surface area (Å²) in [5, 5.41) is 2.59. The molecule has 0 fully saturated rings. The fourth-order valence-corrected chi connectivity index (χ4v) is 3.41. The Morgan fingerprint density at radius 1 is 0.958 bits per heavy atom. The fourth-order valence-electron chi connectivity index (χ4n) is 3.41. The van der Waals surface area contributed by atoms with Crippen LogP contribution in [0.4, 0.5) is 0 Å². The maximum atomic E-state index is 4.27. The summed E-state index contributed by atoms with van der Waals surface area (Å²) < 4.78 is 4.45. The molecule has 0 spiro atoms. The van der Waals surface area contributed by atoms with Crippen molar-refractivity contribution in [1.82, 2.24) is 14.1 Å². The van der Waals surface area contributed by atoms with Gasteiger partial charge in [-0.2, -0.15) is 0 Å². The number of imidazole rings is 1. The van der Waals surface area contributed by atoms with E-state index in [1.165, 1.54) is 33.2 Å². The molecule has 3 heteroatoms. The van der Waals surface area contributed by atoms with Crippen molar-refractivity contribution in [3.63, 3.8) is 0 Å². The first-order valence-corrected chi connectivity index (χ1v) is 8.40. The predicted octanol–water partition coefficient (Wildman–Crippen LogP) is 4.88. The molecule has 0 atom stereocenters. The molecule has 0 unspecified atom stereocenters. The lowest BCUT2D eigenvalue weighted by atomic mass is 9.98. The van der Waals surface area contributed by atoms with Gasteiger partial charge in [-0.3, -0.25) is 0 Å². The van der Waals surface area contributed by atoms with Crippen molar-refractivity contribution in [3.8, 4) is 11.1 Å². The molecule has 0 aliphatic rings. The van der Waals surface area contributed by atoms with Crippen LogP contribution in [0.2, 0.25) is 0 Å². The van der Waals surface area contributed by atoms with Gasteiger partial charge in [-0.15, -0.1) is 0 Å². The Morgan fingerprint density at radius 2 is 1.79 bits per heavy atom. The zero-order valence-corrected chi connectivity index (χ0v) is 14.1. The number of fused-ring (bicyclic) bond motifs is 1. The van der Waals surface area contributed by atoms with Gasteiger partial charge in [0.25, 0.3) is 0 Å². The molecule has 0 saturated carbocycles. The van der Waals surface area contributed by atoms with Crippen molar-refractivity contribution in [3.05, 3.63) is 78.6 Å². The second-order valence-electron chi connectivity index (χ2n) is 6.22. The van der Waals surface area contributed by atoms with Crippen LogP contribution in [0, 0.1) is 6.92 Å². The summed E-state index contributed by atoms with van der Waals surface area (Å²) in [6, 6.07) is 15.1. The van der Waals surface area contributed by atoms with E-state index in [9.17, 15) is 0 Å². The SMILES string of the molecule is CCn1cncc1Cn1cc(C)c(-c2cccc3ccccc23)c1. The second-order valence-corrected chi connectivity index (χ2v) is 6.22. The number of rotatable bonds is 4. The number of nitrogens with zero attached hydrogens (tertiary/aromatic N) is 3.